The summed E-state index contributed by atoms with van der Waals surface area (Å²) in [5, 5.41) is 10.6. The number of thiol groups is 1. The van der Waals surface area contributed by atoms with E-state index in [2.05, 4.69) is 36.8 Å². The second-order valence-electron chi connectivity index (χ2n) is 4.06. The number of aromatic nitrogens is 1. The molecule has 0 aliphatic rings. The predicted octanol–water partition coefficient (Wildman–Crippen LogP) is 4.55. The van der Waals surface area contributed by atoms with Gasteiger partial charge >= 0.3 is 0 Å². The summed E-state index contributed by atoms with van der Waals surface area (Å²) in [4.78, 5) is 5.28. The summed E-state index contributed by atoms with van der Waals surface area (Å²) in [5.74, 6) is 0. The Bertz CT molecular complexity index is 582. The standard InChI is InChI=1S/C14H13Br2NOS/c1-10-5-7-11(8-6-10)19-13(18)14(15,16)12-4-2-3-9-17-12/h2-9,18-19H,1H3. The number of halogens is 2. The van der Waals surface area contributed by atoms with Gasteiger partial charge in [0.05, 0.1) is 5.69 Å². The number of hydrogen-bond donors (Lipinski definition) is 2. The second kappa shape index (κ2) is 6.31. The molecular formula is C14H13Br2NOS. The molecule has 1 aromatic carbocycles. The first kappa shape index (κ1) is 14.9. The molecule has 2 aromatic rings. The molecule has 1 aromatic heterocycles. The lowest BCUT2D eigenvalue weighted by molar-refractivity contribution is 0.549. The monoisotopic (exact) mass is 401 g/mol. The van der Waals surface area contributed by atoms with E-state index < -0.39 is 3.23 Å². The maximum atomic E-state index is 10.3. The molecule has 1 heterocycles. The van der Waals surface area contributed by atoms with Gasteiger partial charge in [-0.2, -0.15) is 0 Å². The van der Waals surface area contributed by atoms with Crippen LogP contribution in [0.4, 0.5) is 0 Å². The Morgan fingerprint density at radius 2 is 1.84 bits per heavy atom. The molecule has 19 heavy (non-hydrogen) atoms. The number of nitrogens with zero attached hydrogens (tertiary/aromatic N) is 1. The van der Waals surface area contributed by atoms with E-state index in [1.807, 2.05) is 49.4 Å². The number of benzene rings is 1. The summed E-state index contributed by atoms with van der Waals surface area (Å²) in [6.45, 7) is 2.04. The van der Waals surface area contributed by atoms with Gasteiger partial charge < -0.3 is 5.11 Å². The van der Waals surface area contributed by atoms with Crippen molar-refractivity contribution in [3.8, 4) is 0 Å². The van der Waals surface area contributed by atoms with Gasteiger partial charge in [-0.05, 0) is 31.2 Å². The normalized spacial score (nSPS) is 12.9. The topological polar surface area (TPSA) is 33.1 Å². The molecule has 2 rings (SSSR count). The molecule has 0 radical (unpaired) electrons. The third-order valence-corrected chi connectivity index (χ3v) is 5.82. The summed E-state index contributed by atoms with van der Waals surface area (Å²) in [6.07, 6.45) is 1.70. The van der Waals surface area contributed by atoms with Crippen LogP contribution in [-0.2, 0) is 3.23 Å². The number of aryl methyl sites for hydroxylation is 1. The molecule has 1 N–H and O–H groups in total. The Morgan fingerprint density at radius 1 is 1.16 bits per heavy atom. The minimum Gasteiger partial charge on any atom is -0.356 e. The van der Waals surface area contributed by atoms with Crippen molar-refractivity contribution >= 4 is 48.3 Å². The zero-order valence-electron chi connectivity index (χ0n) is 10.2. The average molecular weight is 403 g/mol. The fourth-order valence-corrected chi connectivity index (χ4v) is 3.27. The van der Waals surface area contributed by atoms with Crippen LogP contribution in [0.1, 0.15) is 11.3 Å². The van der Waals surface area contributed by atoms with Gasteiger partial charge in [0.2, 0.25) is 0 Å². The Balaban J connectivity index is 2.32. The Kier molecular flexibility index (Phi) is 4.95. The van der Waals surface area contributed by atoms with Gasteiger partial charge in [0, 0.05) is 11.1 Å². The maximum absolute atomic E-state index is 10.3. The predicted molar refractivity (Wildman–Crippen MR) is 89.8 cm³/mol. The summed E-state index contributed by atoms with van der Waals surface area (Å²) >= 11 is 7.72. The van der Waals surface area contributed by atoms with Crippen molar-refractivity contribution in [1.82, 2.24) is 4.98 Å². The van der Waals surface area contributed by atoms with Crippen molar-refractivity contribution in [3.05, 3.63) is 59.9 Å². The van der Waals surface area contributed by atoms with Crippen LogP contribution in [0.15, 0.2) is 53.6 Å². The first-order valence-electron chi connectivity index (χ1n) is 5.64. The third-order valence-electron chi connectivity index (χ3n) is 2.54. The van der Waals surface area contributed by atoms with Crippen LogP contribution in [-0.4, -0.2) is 15.1 Å². The highest BCUT2D eigenvalue weighted by Crippen LogP contribution is 2.39. The highest BCUT2D eigenvalue weighted by Gasteiger charge is 2.31. The van der Waals surface area contributed by atoms with Gasteiger partial charge in [-0.3, -0.25) is 4.98 Å². The van der Waals surface area contributed by atoms with Crippen LogP contribution in [0.3, 0.4) is 0 Å². The zero-order chi connectivity index (χ0) is 13.9. The van der Waals surface area contributed by atoms with E-state index in [4.69, 9.17) is 0 Å². The lowest BCUT2D eigenvalue weighted by atomic mass is 10.2. The van der Waals surface area contributed by atoms with Gasteiger partial charge in [-0.15, -0.1) is 11.4 Å². The zero-order valence-corrected chi connectivity index (χ0v) is 14.3. The quantitative estimate of drug-likeness (QED) is 0.448. The average Bonchev–Trinajstić information content (AvgIpc) is 2.42. The number of hydrogen-bond acceptors (Lipinski definition) is 1. The molecule has 5 heteroatoms. The fourth-order valence-electron chi connectivity index (χ4n) is 1.47. The first-order valence-corrected chi connectivity index (χ1v) is 8.12. The van der Waals surface area contributed by atoms with E-state index in [1.165, 1.54) is 5.56 Å². The molecule has 0 fully saturated rings. The van der Waals surface area contributed by atoms with E-state index in [0.29, 0.717) is 5.69 Å². The molecule has 0 spiro atoms. The van der Waals surface area contributed by atoms with Gasteiger partial charge in [0.1, 0.15) is 5.05 Å². The number of rotatable bonds is 3. The number of pyridine rings is 1. The highest BCUT2D eigenvalue weighted by molar-refractivity contribution is 9.25. The summed E-state index contributed by atoms with van der Waals surface area (Å²) < 4.78 is -0.826. The molecule has 0 aliphatic carbocycles. The molecule has 0 bridgehead atoms. The van der Waals surface area contributed by atoms with Gasteiger partial charge in [0.15, 0.2) is 3.23 Å². The van der Waals surface area contributed by atoms with Crippen molar-refractivity contribution in [2.24, 2.45) is 0 Å². The summed E-state index contributed by atoms with van der Waals surface area (Å²) in [6, 6.07) is 13.6. The van der Waals surface area contributed by atoms with Gasteiger partial charge in [-0.25, -0.2) is 0 Å². The largest absolute Gasteiger partial charge is 0.356 e. The summed E-state index contributed by atoms with van der Waals surface area (Å²) in [5.41, 5.74) is 1.92. The lowest BCUT2D eigenvalue weighted by Gasteiger charge is -2.19. The van der Waals surface area contributed by atoms with Gasteiger partial charge in [-0.1, -0.05) is 55.6 Å². The van der Waals surface area contributed by atoms with E-state index >= 15 is 0 Å². The molecule has 100 valence electrons. The van der Waals surface area contributed by atoms with Crippen molar-refractivity contribution in [1.29, 1.82) is 0 Å². The Morgan fingerprint density at radius 3 is 2.42 bits per heavy atom. The maximum Gasteiger partial charge on any atom is 0.173 e. The van der Waals surface area contributed by atoms with Crippen LogP contribution in [0, 0.1) is 6.92 Å². The van der Waals surface area contributed by atoms with Crippen LogP contribution < -0.4 is 0 Å². The smallest absolute Gasteiger partial charge is 0.173 e. The number of aliphatic hydroxyl groups is 1. The van der Waals surface area contributed by atoms with E-state index in [9.17, 15) is 5.11 Å². The lowest BCUT2D eigenvalue weighted by Crippen LogP contribution is -2.21. The molecule has 0 unspecified atom stereocenters. The van der Waals surface area contributed by atoms with Crippen molar-refractivity contribution in [2.75, 3.05) is 0 Å². The minimum absolute atomic E-state index is 0.245. The molecule has 0 aliphatic heterocycles. The SMILES string of the molecule is Cc1ccc([SH]=C(O)C(Br)(Br)c2ccccn2)cc1. The molecule has 2 nitrogen and oxygen atoms in total. The van der Waals surface area contributed by atoms with Crippen LogP contribution in [0.25, 0.3) is 0 Å². The molecule has 0 atom stereocenters. The van der Waals surface area contributed by atoms with Crippen LogP contribution in [0.5, 0.6) is 0 Å². The third kappa shape index (κ3) is 3.75. The van der Waals surface area contributed by atoms with Crippen molar-refractivity contribution in [3.63, 3.8) is 0 Å². The van der Waals surface area contributed by atoms with Crippen molar-refractivity contribution < 1.29 is 5.11 Å². The number of aliphatic hydroxyl groups excluding tert-OH is 1. The van der Waals surface area contributed by atoms with Crippen LogP contribution in [0.2, 0.25) is 0 Å². The minimum atomic E-state index is -0.826. The fraction of sp³-hybridized carbons (Fsp3) is 0.143. The highest BCUT2D eigenvalue weighted by atomic mass is 79.9. The van der Waals surface area contributed by atoms with E-state index in [1.54, 1.807) is 6.20 Å². The van der Waals surface area contributed by atoms with Crippen molar-refractivity contribution in [2.45, 2.75) is 15.1 Å². The van der Waals surface area contributed by atoms with E-state index in [0.717, 1.165) is 16.2 Å². The molecule has 0 saturated heterocycles. The van der Waals surface area contributed by atoms with Crippen LogP contribution >= 0.6 is 43.2 Å². The summed E-state index contributed by atoms with van der Waals surface area (Å²) in [7, 11) is 0. The number of alkyl halides is 2. The van der Waals surface area contributed by atoms with Gasteiger partial charge in [0.25, 0.3) is 0 Å². The Hall–Kier alpha value is -0.490. The molecule has 0 amide bonds. The Labute approximate surface area is 133 Å². The van der Waals surface area contributed by atoms with E-state index in [-0.39, 0.29) is 5.05 Å². The molecular weight excluding hydrogens is 390 g/mol. The first-order chi connectivity index (χ1) is 9.00. The second-order valence-corrected chi connectivity index (χ2v) is 8.67. The molecule has 0 saturated carbocycles.